The van der Waals surface area contributed by atoms with E-state index >= 15 is 0 Å². The van der Waals surface area contributed by atoms with Crippen LogP contribution in [0.3, 0.4) is 0 Å². The van der Waals surface area contributed by atoms with Gasteiger partial charge in [0.1, 0.15) is 6.10 Å². The maximum absolute atomic E-state index is 10.3. The molecule has 0 radical (unpaired) electrons. The van der Waals surface area contributed by atoms with Crippen LogP contribution in [0.2, 0.25) is 5.02 Å². The van der Waals surface area contributed by atoms with Crippen molar-refractivity contribution < 1.29 is 9.52 Å². The van der Waals surface area contributed by atoms with Crippen molar-refractivity contribution in [3.05, 3.63) is 39.5 Å². The summed E-state index contributed by atoms with van der Waals surface area (Å²) in [7, 11) is 0. The van der Waals surface area contributed by atoms with Crippen LogP contribution in [0.5, 0.6) is 0 Å². The second kappa shape index (κ2) is 5.25. The van der Waals surface area contributed by atoms with Gasteiger partial charge in [-0.05, 0) is 28.4 Å². The van der Waals surface area contributed by atoms with E-state index in [9.17, 15) is 5.11 Å². The van der Waals surface area contributed by atoms with Crippen LogP contribution in [0, 0.1) is 0 Å². The highest BCUT2D eigenvalue weighted by atomic mass is 79.9. The number of aromatic nitrogens is 2. The van der Waals surface area contributed by atoms with Crippen LogP contribution in [0.1, 0.15) is 30.7 Å². The maximum atomic E-state index is 10.3. The molecule has 92 valence electrons. The summed E-state index contributed by atoms with van der Waals surface area (Å²) in [6.45, 7) is 2.76. The minimum atomic E-state index is -0.843. The molecule has 6 heteroatoms. The zero-order valence-corrected chi connectivity index (χ0v) is 11.6. The molecule has 0 fully saturated rings. The van der Waals surface area contributed by atoms with Crippen molar-refractivity contribution in [1.29, 1.82) is 0 Å². The topological polar surface area (TPSA) is 51.2 Å². The van der Waals surface area contributed by atoms with Crippen LogP contribution in [0.25, 0.3) is 0 Å². The molecule has 0 bridgehead atoms. The number of aliphatic hydroxyl groups is 1. The van der Waals surface area contributed by atoms with E-state index in [0.717, 1.165) is 6.42 Å². The molecule has 2 heterocycles. The lowest BCUT2D eigenvalue weighted by Crippen LogP contribution is -2.10. The largest absolute Gasteiger partial charge is 0.457 e. The van der Waals surface area contributed by atoms with Crippen molar-refractivity contribution in [1.82, 2.24) is 9.78 Å². The molecule has 1 N–H and O–H groups in total. The first-order valence-corrected chi connectivity index (χ1v) is 6.44. The Labute approximate surface area is 112 Å². The Balaban J connectivity index is 2.39. The summed E-state index contributed by atoms with van der Waals surface area (Å²) in [4.78, 5) is 0. The minimum absolute atomic E-state index is 0.457. The van der Waals surface area contributed by atoms with E-state index in [1.165, 1.54) is 6.26 Å². The third kappa shape index (κ3) is 2.41. The summed E-state index contributed by atoms with van der Waals surface area (Å²) >= 11 is 9.30. The van der Waals surface area contributed by atoms with Gasteiger partial charge in [0, 0.05) is 12.1 Å². The van der Waals surface area contributed by atoms with E-state index < -0.39 is 6.10 Å². The highest BCUT2D eigenvalue weighted by Crippen LogP contribution is 2.32. The number of hydrogen-bond donors (Lipinski definition) is 1. The fourth-order valence-electron chi connectivity index (χ4n) is 1.68. The van der Waals surface area contributed by atoms with E-state index in [4.69, 9.17) is 16.0 Å². The third-order valence-electron chi connectivity index (χ3n) is 2.47. The highest BCUT2D eigenvalue weighted by molar-refractivity contribution is 9.10. The number of furan rings is 1. The molecule has 4 nitrogen and oxygen atoms in total. The van der Waals surface area contributed by atoms with Crippen LogP contribution in [0.15, 0.2) is 27.6 Å². The molecular weight excluding hydrogens is 307 g/mol. The van der Waals surface area contributed by atoms with Crippen LogP contribution in [-0.2, 0) is 6.54 Å². The van der Waals surface area contributed by atoms with Gasteiger partial charge in [0.2, 0.25) is 0 Å². The number of rotatable bonds is 4. The van der Waals surface area contributed by atoms with Gasteiger partial charge in [-0.3, -0.25) is 4.68 Å². The standard InChI is InChI=1S/C11H12BrClN2O2/c1-2-4-15-9(8(13)6-14-15)10(16)7-3-5-17-11(7)12/h3,5-6,10,16H,2,4H2,1H3. The zero-order valence-electron chi connectivity index (χ0n) is 9.23. The Morgan fingerprint density at radius 3 is 3.00 bits per heavy atom. The third-order valence-corrected chi connectivity index (χ3v) is 3.40. The first kappa shape index (κ1) is 12.7. The molecule has 17 heavy (non-hydrogen) atoms. The molecule has 1 atom stereocenters. The Morgan fingerprint density at radius 1 is 1.65 bits per heavy atom. The van der Waals surface area contributed by atoms with Crippen molar-refractivity contribution in [3.8, 4) is 0 Å². The lowest BCUT2D eigenvalue weighted by Gasteiger charge is -2.12. The van der Waals surface area contributed by atoms with Gasteiger partial charge >= 0.3 is 0 Å². The number of hydrogen-bond acceptors (Lipinski definition) is 3. The average molecular weight is 320 g/mol. The summed E-state index contributed by atoms with van der Waals surface area (Å²) in [5.41, 5.74) is 1.24. The summed E-state index contributed by atoms with van der Waals surface area (Å²) in [6.07, 6.45) is 3.13. The lowest BCUT2D eigenvalue weighted by molar-refractivity contribution is 0.205. The van der Waals surface area contributed by atoms with Crippen molar-refractivity contribution in [2.75, 3.05) is 0 Å². The van der Waals surface area contributed by atoms with Crippen molar-refractivity contribution in [3.63, 3.8) is 0 Å². The van der Waals surface area contributed by atoms with Crippen LogP contribution in [-0.4, -0.2) is 14.9 Å². The maximum Gasteiger partial charge on any atom is 0.175 e. The molecule has 2 aromatic heterocycles. The van der Waals surface area contributed by atoms with Gasteiger partial charge < -0.3 is 9.52 Å². The number of halogens is 2. The van der Waals surface area contributed by atoms with Gasteiger partial charge in [0.15, 0.2) is 4.67 Å². The van der Waals surface area contributed by atoms with E-state index in [1.807, 2.05) is 6.92 Å². The normalized spacial score (nSPS) is 12.9. The molecule has 0 saturated carbocycles. The molecule has 2 rings (SSSR count). The summed E-state index contributed by atoms with van der Waals surface area (Å²) in [5.74, 6) is 0. The average Bonchev–Trinajstić information content (AvgIpc) is 2.86. The first-order chi connectivity index (χ1) is 8.15. The first-order valence-electron chi connectivity index (χ1n) is 5.27. The Hall–Kier alpha value is -0.780. The molecule has 2 aromatic rings. The molecule has 0 aliphatic carbocycles. The highest BCUT2D eigenvalue weighted by Gasteiger charge is 2.22. The number of aliphatic hydroxyl groups excluding tert-OH is 1. The van der Waals surface area contributed by atoms with Crippen LogP contribution in [0.4, 0.5) is 0 Å². The summed E-state index contributed by atoms with van der Waals surface area (Å²) in [6, 6.07) is 1.70. The number of nitrogens with zero attached hydrogens (tertiary/aromatic N) is 2. The molecular formula is C11H12BrClN2O2. The van der Waals surface area contributed by atoms with Gasteiger partial charge in [-0.1, -0.05) is 18.5 Å². The summed E-state index contributed by atoms with van der Waals surface area (Å²) < 4.78 is 7.33. The molecule has 0 aliphatic rings. The smallest absolute Gasteiger partial charge is 0.175 e. The van der Waals surface area contributed by atoms with Gasteiger partial charge in [-0.25, -0.2) is 0 Å². The second-order valence-corrected chi connectivity index (χ2v) is 4.78. The zero-order chi connectivity index (χ0) is 12.4. The van der Waals surface area contributed by atoms with E-state index in [-0.39, 0.29) is 0 Å². The minimum Gasteiger partial charge on any atom is -0.457 e. The SMILES string of the molecule is CCCn1ncc(Cl)c1C(O)c1ccoc1Br. The predicted octanol–water partition coefficient (Wildman–Crippen LogP) is 3.38. The summed E-state index contributed by atoms with van der Waals surface area (Å²) in [5, 5.41) is 14.9. The Morgan fingerprint density at radius 2 is 2.41 bits per heavy atom. The Bertz CT molecular complexity index is 509. The molecule has 0 aliphatic heterocycles. The van der Waals surface area contributed by atoms with Crippen molar-refractivity contribution in [2.24, 2.45) is 0 Å². The van der Waals surface area contributed by atoms with Crippen LogP contribution < -0.4 is 0 Å². The lowest BCUT2D eigenvalue weighted by atomic mass is 10.1. The van der Waals surface area contributed by atoms with Gasteiger partial charge in [0.25, 0.3) is 0 Å². The van der Waals surface area contributed by atoms with Crippen molar-refractivity contribution in [2.45, 2.75) is 26.0 Å². The second-order valence-electron chi connectivity index (χ2n) is 3.65. The van der Waals surface area contributed by atoms with E-state index in [0.29, 0.717) is 27.5 Å². The predicted molar refractivity (Wildman–Crippen MR) is 68.0 cm³/mol. The molecule has 0 saturated heterocycles. The molecule has 1 unspecified atom stereocenters. The van der Waals surface area contributed by atoms with E-state index in [1.54, 1.807) is 16.9 Å². The van der Waals surface area contributed by atoms with Gasteiger partial charge in [-0.15, -0.1) is 0 Å². The van der Waals surface area contributed by atoms with Gasteiger partial charge in [0.05, 0.1) is 23.2 Å². The number of aryl methyl sites for hydroxylation is 1. The van der Waals surface area contributed by atoms with Crippen LogP contribution >= 0.6 is 27.5 Å². The Kier molecular flexibility index (Phi) is 3.91. The fourth-order valence-corrected chi connectivity index (χ4v) is 2.38. The molecule has 0 spiro atoms. The molecule has 0 aromatic carbocycles. The monoisotopic (exact) mass is 318 g/mol. The fraction of sp³-hybridized carbons (Fsp3) is 0.364. The van der Waals surface area contributed by atoms with E-state index in [2.05, 4.69) is 21.0 Å². The quantitative estimate of drug-likeness (QED) is 0.940. The van der Waals surface area contributed by atoms with Crippen molar-refractivity contribution >= 4 is 27.5 Å². The molecule has 0 amide bonds. The van der Waals surface area contributed by atoms with Gasteiger partial charge in [-0.2, -0.15) is 5.10 Å².